The van der Waals surface area contributed by atoms with Crippen LogP contribution in [0.15, 0.2) is 48.5 Å². The largest absolute Gasteiger partial charge is 0.497 e. The van der Waals surface area contributed by atoms with Crippen LogP contribution in [-0.4, -0.2) is 20.3 Å². The van der Waals surface area contributed by atoms with Gasteiger partial charge in [0.25, 0.3) is 0 Å². The van der Waals surface area contributed by atoms with Crippen molar-refractivity contribution in [3.8, 4) is 5.75 Å². The van der Waals surface area contributed by atoms with Crippen molar-refractivity contribution in [3.63, 3.8) is 0 Å². The highest BCUT2D eigenvalue weighted by molar-refractivity contribution is 6.95. The van der Waals surface area contributed by atoms with E-state index in [1.807, 2.05) is 37.3 Å². The summed E-state index contributed by atoms with van der Waals surface area (Å²) in [7, 11) is 0.00366. The standard InChI is InChI=1S/C20H24O2Si/c1-20(21)17-12-11-15(22-2)13-16(17)19(23(3,4)5)18(20)14-9-7-6-8-10-14/h6-13,21H,1-5H3. The van der Waals surface area contributed by atoms with Crippen molar-refractivity contribution < 1.29 is 9.84 Å². The van der Waals surface area contributed by atoms with Gasteiger partial charge in [-0.25, -0.2) is 0 Å². The van der Waals surface area contributed by atoms with E-state index in [0.717, 1.165) is 28.0 Å². The van der Waals surface area contributed by atoms with Crippen LogP contribution < -0.4 is 4.74 Å². The molecule has 0 spiro atoms. The Bertz CT molecular complexity index is 768. The molecule has 120 valence electrons. The number of hydrogen-bond donors (Lipinski definition) is 1. The van der Waals surface area contributed by atoms with Crippen LogP contribution in [0.1, 0.15) is 23.6 Å². The van der Waals surface area contributed by atoms with E-state index >= 15 is 0 Å². The molecule has 2 nitrogen and oxygen atoms in total. The molecule has 0 saturated carbocycles. The molecule has 0 saturated heterocycles. The molecule has 0 heterocycles. The predicted octanol–water partition coefficient (Wildman–Crippen LogP) is 4.70. The molecule has 0 amide bonds. The second-order valence-corrected chi connectivity index (χ2v) is 12.3. The summed E-state index contributed by atoms with van der Waals surface area (Å²) in [4.78, 5) is 0. The maximum absolute atomic E-state index is 11.4. The molecule has 2 aromatic rings. The van der Waals surface area contributed by atoms with Gasteiger partial charge in [-0.3, -0.25) is 0 Å². The van der Waals surface area contributed by atoms with Crippen LogP contribution in [0.3, 0.4) is 0 Å². The fraction of sp³-hybridized carbons (Fsp3) is 0.300. The number of ether oxygens (including phenoxy) is 1. The number of fused-ring (bicyclic) bond motifs is 1. The maximum Gasteiger partial charge on any atom is 0.119 e. The first-order valence-electron chi connectivity index (χ1n) is 7.98. The van der Waals surface area contributed by atoms with E-state index in [1.165, 1.54) is 5.20 Å². The molecule has 0 bridgehead atoms. The fourth-order valence-corrected chi connectivity index (χ4v) is 5.76. The highest BCUT2D eigenvalue weighted by atomic mass is 28.3. The highest BCUT2D eigenvalue weighted by Gasteiger charge is 2.44. The Morgan fingerprint density at radius 3 is 2.22 bits per heavy atom. The normalized spacial score (nSPS) is 20.6. The number of benzene rings is 2. The van der Waals surface area contributed by atoms with Crippen molar-refractivity contribution >= 4 is 18.8 Å². The van der Waals surface area contributed by atoms with Gasteiger partial charge in [-0.05, 0) is 46.5 Å². The molecule has 0 aromatic heterocycles. The Morgan fingerprint density at radius 2 is 1.65 bits per heavy atom. The molecular weight excluding hydrogens is 300 g/mol. The van der Waals surface area contributed by atoms with Gasteiger partial charge in [0.2, 0.25) is 0 Å². The molecule has 1 aliphatic rings. The van der Waals surface area contributed by atoms with Crippen molar-refractivity contribution in [2.24, 2.45) is 0 Å². The van der Waals surface area contributed by atoms with Crippen molar-refractivity contribution in [2.75, 3.05) is 7.11 Å². The van der Waals surface area contributed by atoms with Crippen LogP contribution in [0.25, 0.3) is 10.8 Å². The van der Waals surface area contributed by atoms with Gasteiger partial charge in [0.15, 0.2) is 0 Å². The molecule has 3 heteroatoms. The lowest BCUT2D eigenvalue weighted by Gasteiger charge is -2.26. The third-order valence-electron chi connectivity index (χ3n) is 4.57. The Balaban J connectivity index is 2.36. The Labute approximate surface area is 139 Å². The Kier molecular flexibility index (Phi) is 3.73. The van der Waals surface area contributed by atoms with E-state index in [1.54, 1.807) is 7.11 Å². The van der Waals surface area contributed by atoms with Gasteiger partial charge in [-0.2, -0.15) is 0 Å². The lowest BCUT2D eigenvalue weighted by Crippen LogP contribution is -2.25. The molecule has 1 unspecified atom stereocenters. The molecule has 0 radical (unpaired) electrons. The van der Waals surface area contributed by atoms with Gasteiger partial charge in [0.1, 0.15) is 11.4 Å². The van der Waals surface area contributed by atoms with Gasteiger partial charge in [0, 0.05) is 0 Å². The first kappa shape index (κ1) is 16.0. The summed E-state index contributed by atoms with van der Waals surface area (Å²) in [5, 5.41) is 12.7. The summed E-state index contributed by atoms with van der Waals surface area (Å²) in [5.74, 6) is 0.838. The minimum Gasteiger partial charge on any atom is -0.497 e. The topological polar surface area (TPSA) is 29.5 Å². The average molecular weight is 324 g/mol. The molecule has 2 aromatic carbocycles. The minimum absolute atomic E-state index is 0.838. The first-order valence-corrected chi connectivity index (χ1v) is 11.5. The lowest BCUT2D eigenvalue weighted by molar-refractivity contribution is 0.125. The predicted molar refractivity (Wildman–Crippen MR) is 99.2 cm³/mol. The van der Waals surface area contributed by atoms with E-state index in [9.17, 15) is 5.11 Å². The van der Waals surface area contributed by atoms with Crippen LogP contribution >= 0.6 is 0 Å². The van der Waals surface area contributed by atoms with E-state index in [4.69, 9.17) is 4.74 Å². The lowest BCUT2D eigenvalue weighted by atomic mass is 9.88. The van der Waals surface area contributed by atoms with Crippen LogP contribution in [-0.2, 0) is 5.60 Å². The molecule has 1 N–H and O–H groups in total. The van der Waals surface area contributed by atoms with Crippen molar-refractivity contribution in [2.45, 2.75) is 32.2 Å². The zero-order valence-corrected chi connectivity index (χ0v) is 15.5. The zero-order valence-electron chi connectivity index (χ0n) is 14.5. The first-order chi connectivity index (χ1) is 10.8. The number of methoxy groups -OCH3 is 1. The Morgan fingerprint density at radius 1 is 1.00 bits per heavy atom. The smallest absolute Gasteiger partial charge is 0.119 e. The van der Waals surface area contributed by atoms with Crippen molar-refractivity contribution in [1.29, 1.82) is 0 Å². The third-order valence-corrected chi connectivity index (χ3v) is 6.59. The van der Waals surface area contributed by atoms with Gasteiger partial charge in [0.05, 0.1) is 15.2 Å². The van der Waals surface area contributed by atoms with Crippen molar-refractivity contribution in [3.05, 3.63) is 65.2 Å². The molecule has 1 atom stereocenters. The summed E-state index contributed by atoms with van der Waals surface area (Å²) >= 11 is 0. The summed E-state index contributed by atoms with van der Waals surface area (Å²) in [6.07, 6.45) is 0. The molecule has 0 fully saturated rings. The van der Waals surface area contributed by atoms with Gasteiger partial charge in [-0.15, -0.1) is 0 Å². The summed E-state index contributed by atoms with van der Waals surface area (Å²) in [6, 6.07) is 16.3. The molecule has 0 aliphatic heterocycles. The number of hydrogen-bond acceptors (Lipinski definition) is 2. The van der Waals surface area contributed by atoms with Crippen LogP contribution in [0.5, 0.6) is 5.75 Å². The molecule has 23 heavy (non-hydrogen) atoms. The highest BCUT2D eigenvalue weighted by Crippen LogP contribution is 2.53. The average Bonchev–Trinajstić information content (AvgIpc) is 2.75. The van der Waals surface area contributed by atoms with Crippen LogP contribution in [0.4, 0.5) is 0 Å². The second kappa shape index (κ2) is 5.36. The second-order valence-electron chi connectivity index (χ2n) is 7.35. The Hall–Kier alpha value is -1.84. The summed E-state index contributed by atoms with van der Waals surface area (Å²) < 4.78 is 5.42. The zero-order chi connectivity index (χ0) is 16.8. The van der Waals surface area contributed by atoms with E-state index in [0.29, 0.717) is 0 Å². The van der Waals surface area contributed by atoms with Gasteiger partial charge >= 0.3 is 0 Å². The maximum atomic E-state index is 11.4. The van der Waals surface area contributed by atoms with E-state index < -0.39 is 13.7 Å². The third kappa shape index (κ3) is 2.54. The monoisotopic (exact) mass is 324 g/mol. The summed E-state index contributed by atoms with van der Waals surface area (Å²) in [6.45, 7) is 8.90. The number of aliphatic hydroxyl groups is 1. The fourth-order valence-electron chi connectivity index (χ4n) is 3.60. The van der Waals surface area contributed by atoms with Crippen LogP contribution in [0, 0.1) is 0 Å². The molecule has 1 aliphatic carbocycles. The molecular formula is C20H24O2Si. The molecule has 3 rings (SSSR count). The van der Waals surface area contributed by atoms with Crippen molar-refractivity contribution in [1.82, 2.24) is 0 Å². The quantitative estimate of drug-likeness (QED) is 0.829. The minimum atomic E-state index is -1.68. The van der Waals surface area contributed by atoms with E-state index in [2.05, 4.69) is 37.8 Å². The van der Waals surface area contributed by atoms with E-state index in [-0.39, 0.29) is 0 Å². The van der Waals surface area contributed by atoms with Gasteiger partial charge in [-0.1, -0.05) is 56.0 Å². The summed E-state index contributed by atoms with van der Waals surface area (Å²) in [5.41, 5.74) is 3.31. The van der Waals surface area contributed by atoms with Crippen LogP contribution in [0.2, 0.25) is 19.6 Å². The number of rotatable bonds is 3. The SMILES string of the molecule is COc1ccc2c(c1)C([Si](C)(C)C)=C(c1ccccc1)C2(C)O. The van der Waals surface area contributed by atoms with Gasteiger partial charge < -0.3 is 9.84 Å².